The molecule has 110 valence electrons. The Labute approximate surface area is 116 Å². The summed E-state index contributed by atoms with van der Waals surface area (Å²) >= 11 is 0. The van der Waals surface area contributed by atoms with Crippen molar-refractivity contribution in [1.29, 1.82) is 0 Å². The number of hydrogen-bond acceptors (Lipinski definition) is 3. The minimum atomic E-state index is -0.573. The minimum absolute atomic E-state index is 0.215. The molecule has 1 amide bonds. The lowest BCUT2D eigenvalue weighted by molar-refractivity contribution is -0.139. The first kappa shape index (κ1) is 14.8. The molecular weight excluding hydrogens is 240 g/mol. The van der Waals surface area contributed by atoms with E-state index in [1.54, 1.807) is 0 Å². The first-order valence-electron chi connectivity index (χ1n) is 7.65. The van der Waals surface area contributed by atoms with Crippen LogP contribution in [0.1, 0.15) is 65.2 Å². The van der Waals surface area contributed by atoms with E-state index in [-0.39, 0.29) is 11.5 Å². The van der Waals surface area contributed by atoms with Crippen LogP contribution >= 0.6 is 0 Å². The van der Waals surface area contributed by atoms with E-state index in [1.165, 1.54) is 25.7 Å². The van der Waals surface area contributed by atoms with Gasteiger partial charge in [-0.25, -0.2) is 0 Å². The molecule has 19 heavy (non-hydrogen) atoms. The molecule has 0 radical (unpaired) electrons. The number of carbonyl (C=O) groups is 1. The van der Waals surface area contributed by atoms with Gasteiger partial charge in [-0.15, -0.1) is 0 Å². The largest absolute Gasteiger partial charge is 0.375 e. The van der Waals surface area contributed by atoms with Crippen molar-refractivity contribution in [3.05, 3.63) is 0 Å². The second-order valence-electron chi connectivity index (χ2n) is 6.81. The Morgan fingerprint density at radius 3 is 2.37 bits per heavy atom. The van der Waals surface area contributed by atoms with Gasteiger partial charge in [-0.05, 0) is 33.1 Å². The van der Waals surface area contributed by atoms with Crippen LogP contribution in [0.3, 0.4) is 0 Å². The molecule has 0 aromatic heterocycles. The van der Waals surface area contributed by atoms with Crippen LogP contribution in [0.15, 0.2) is 0 Å². The summed E-state index contributed by atoms with van der Waals surface area (Å²) < 4.78 is 5.74. The van der Waals surface area contributed by atoms with Crippen molar-refractivity contribution in [3.63, 3.8) is 0 Å². The van der Waals surface area contributed by atoms with Crippen LogP contribution in [0.25, 0.3) is 0 Å². The summed E-state index contributed by atoms with van der Waals surface area (Å²) in [5, 5.41) is 3.61. The maximum absolute atomic E-state index is 12.0. The van der Waals surface area contributed by atoms with E-state index in [0.717, 1.165) is 12.8 Å². The number of carbonyl (C=O) groups excluding carboxylic acids is 1. The van der Waals surface area contributed by atoms with Gasteiger partial charge in [0.05, 0.1) is 5.60 Å². The number of amides is 1. The van der Waals surface area contributed by atoms with E-state index in [2.05, 4.69) is 5.32 Å². The summed E-state index contributed by atoms with van der Waals surface area (Å²) in [6.07, 6.45) is 8.84. The molecule has 1 saturated carbocycles. The van der Waals surface area contributed by atoms with E-state index >= 15 is 0 Å². The average molecular weight is 268 g/mol. The fourth-order valence-electron chi connectivity index (χ4n) is 3.59. The van der Waals surface area contributed by atoms with Crippen molar-refractivity contribution in [2.75, 3.05) is 6.61 Å². The van der Waals surface area contributed by atoms with Gasteiger partial charge in [0.25, 0.3) is 0 Å². The molecule has 2 aliphatic rings. The maximum atomic E-state index is 12.0. The highest BCUT2D eigenvalue weighted by Crippen LogP contribution is 2.33. The van der Waals surface area contributed by atoms with E-state index in [9.17, 15) is 4.79 Å². The molecule has 4 heteroatoms. The van der Waals surface area contributed by atoms with Crippen LogP contribution in [-0.4, -0.2) is 29.7 Å². The lowest BCUT2D eigenvalue weighted by Crippen LogP contribution is -2.64. The number of rotatable bonds is 3. The lowest BCUT2D eigenvalue weighted by atomic mass is 9.79. The molecule has 3 N–H and O–H groups in total. The van der Waals surface area contributed by atoms with Crippen molar-refractivity contribution in [2.24, 2.45) is 5.73 Å². The Morgan fingerprint density at radius 1 is 1.21 bits per heavy atom. The molecular formula is C15H28N2O2. The molecule has 0 spiro atoms. The molecule has 1 aliphatic heterocycles. The van der Waals surface area contributed by atoms with Gasteiger partial charge in [0, 0.05) is 19.1 Å². The highest BCUT2D eigenvalue weighted by Gasteiger charge is 2.46. The Hall–Kier alpha value is -0.610. The standard InChI is InChI=1S/C15H28N2O2/c1-14(2)11-15(13(16)18,9-10-19-14)17-12-7-5-3-4-6-8-12/h12,17H,3-11H2,1-2H3,(H2,16,18). The van der Waals surface area contributed by atoms with Crippen LogP contribution in [-0.2, 0) is 9.53 Å². The predicted octanol–water partition coefficient (Wildman–Crippen LogP) is 2.11. The molecule has 1 aliphatic carbocycles. The van der Waals surface area contributed by atoms with Crippen LogP contribution < -0.4 is 11.1 Å². The third kappa shape index (κ3) is 3.69. The van der Waals surface area contributed by atoms with Crippen LogP contribution in [0.4, 0.5) is 0 Å². The molecule has 0 aromatic rings. The number of nitrogens with one attached hydrogen (secondary N) is 1. The van der Waals surface area contributed by atoms with Crippen LogP contribution in [0.5, 0.6) is 0 Å². The first-order valence-corrected chi connectivity index (χ1v) is 7.65. The number of nitrogens with two attached hydrogens (primary N) is 1. The van der Waals surface area contributed by atoms with Gasteiger partial charge in [-0.2, -0.15) is 0 Å². The average Bonchev–Trinajstić information content (AvgIpc) is 2.56. The fraction of sp³-hybridized carbons (Fsp3) is 0.933. The van der Waals surface area contributed by atoms with Crippen molar-refractivity contribution in [1.82, 2.24) is 5.32 Å². The van der Waals surface area contributed by atoms with Gasteiger partial charge in [0.15, 0.2) is 0 Å². The summed E-state index contributed by atoms with van der Waals surface area (Å²) in [6.45, 7) is 4.69. The van der Waals surface area contributed by atoms with Gasteiger partial charge in [0.2, 0.25) is 5.91 Å². The molecule has 0 aromatic carbocycles. The third-order valence-electron chi connectivity index (χ3n) is 4.56. The summed E-state index contributed by atoms with van der Waals surface area (Å²) in [5.74, 6) is -0.215. The Morgan fingerprint density at radius 2 is 1.84 bits per heavy atom. The molecule has 4 nitrogen and oxygen atoms in total. The van der Waals surface area contributed by atoms with Crippen LogP contribution in [0, 0.1) is 0 Å². The quantitative estimate of drug-likeness (QED) is 0.771. The Kier molecular flexibility index (Phi) is 4.51. The highest BCUT2D eigenvalue weighted by molar-refractivity contribution is 5.85. The van der Waals surface area contributed by atoms with E-state index in [1.807, 2.05) is 13.8 Å². The molecule has 1 heterocycles. The lowest BCUT2D eigenvalue weighted by Gasteiger charge is -2.45. The second kappa shape index (κ2) is 5.80. The predicted molar refractivity (Wildman–Crippen MR) is 75.8 cm³/mol. The Balaban J connectivity index is 2.08. The molecule has 2 rings (SSSR count). The van der Waals surface area contributed by atoms with Gasteiger partial charge in [-0.1, -0.05) is 25.7 Å². The summed E-state index contributed by atoms with van der Waals surface area (Å²) in [5.41, 5.74) is 4.88. The third-order valence-corrected chi connectivity index (χ3v) is 4.56. The highest BCUT2D eigenvalue weighted by atomic mass is 16.5. The monoisotopic (exact) mass is 268 g/mol. The summed E-state index contributed by atoms with van der Waals surface area (Å²) in [6, 6.07) is 0.434. The zero-order valence-electron chi connectivity index (χ0n) is 12.3. The smallest absolute Gasteiger partial charge is 0.237 e. The summed E-state index contributed by atoms with van der Waals surface area (Å²) in [4.78, 5) is 12.0. The number of ether oxygens (including phenoxy) is 1. The van der Waals surface area contributed by atoms with Crippen molar-refractivity contribution in [2.45, 2.75) is 82.4 Å². The molecule has 0 bridgehead atoms. The van der Waals surface area contributed by atoms with E-state index < -0.39 is 5.54 Å². The number of primary amides is 1. The minimum Gasteiger partial charge on any atom is -0.375 e. The maximum Gasteiger partial charge on any atom is 0.237 e. The zero-order chi connectivity index (χ0) is 13.9. The second-order valence-corrected chi connectivity index (χ2v) is 6.81. The topological polar surface area (TPSA) is 64.3 Å². The van der Waals surface area contributed by atoms with Crippen molar-refractivity contribution in [3.8, 4) is 0 Å². The first-order chi connectivity index (χ1) is 8.94. The van der Waals surface area contributed by atoms with Gasteiger partial charge in [-0.3, -0.25) is 4.79 Å². The summed E-state index contributed by atoms with van der Waals surface area (Å²) in [7, 11) is 0. The molecule has 1 atom stereocenters. The number of hydrogen-bond donors (Lipinski definition) is 2. The van der Waals surface area contributed by atoms with E-state index in [4.69, 9.17) is 10.5 Å². The normalized spacial score (nSPS) is 32.7. The van der Waals surface area contributed by atoms with Crippen molar-refractivity contribution >= 4 is 5.91 Å². The fourth-order valence-corrected chi connectivity index (χ4v) is 3.59. The molecule has 2 fully saturated rings. The SMILES string of the molecule is CC1(C)CC(NC2CCCCCC2)(C(N)=O)CCO1. The molecule has 1 unspecified atom stereocenters. The Bertz CT molecular complexity index is 322. The van der Waals surface area contributed by atoms with E-state index in [0.29, 0.717) is 25.5 Å². The van der Waals surface area contributed by atoms with Gasteiger partial charge < -0.3 is 15.8 Å². The molecule has 1 saturated heterocycles. The van der Waals surface area contributed by atoms with Gasteiger partial charge in [0.1, 0.15) is 5.54 Å². The van der Waals surface area contributed by atoms with Crippen LogP contribution in [0.2, 0.25) is 0 Å². The van der Waals surface area contributed by atoms with Gasteiger partial charge >= 0.3 is 0 Å². The zero-order valence-corrected chi connectivity index (χ0v) is 12.3. The van der Waals surface area contributed by atoms with Crippen molar-refractivity contribution < 1.29 is 9.53 Å².